The van der Waals surface area contributed by atoms with Crippen LogP contribution in [0.4, 0.5) is 0 Å². The van der Waals surface area contributed by atoms with Gasteiger partial charge in [-0.25, -0.2) is 9.59 Å². The van der Waals surface area contributed by atoms with Crippen LogP contribution in [-0.2, 0) is 16.0 Å². The summed E-state index contributed by atoms with van der Waals surface area (Å²) in [7, 11) is 0. The summed E-state index contributed by atoms with van der Waals surface area (Å²) in [6, 6.07) is 29.2. The van der Waals surface area contributed by atoms with Crippen molar-refractivity contribution < 1.29 is 29.3 Å². The molecular weight excluding hydrogens is 552 g/mol. The van der Waals surface area contributed by atoms with Crippen LogP contribution in [0.15, 0.2) is 115 Å². The molecule has 0 fully saturated rings. The van der Waals surface area contributed by atoms with Gasteiger partial charge < -0.3 is 19.7 Å². The zero-order chi connectivity index (χ0) is 31.5. The van der Waals surface area contributed by atoms with E-state index in [1.165, 1.54) is 18.4 Å². The molecule has 6 nitrogen and oxygen atoms in total. The molecule has 0 spiro atoms. The van der Waals surface area contributed by atoms with Gasteiger partial charge in [-0.15, -0.1) is 0 Å². The molecule has 6 heteroatoms. The highest BCUT2D eigenvalue weighted by molar-refractivity contribution is 5.91. The van der Waals surface area contributed by atoms with Gasteiger partial charge in [-0.3, -0.25) is 0 Å². The monoisotopic (exact) mass is 588 g/mol. The van der Waals surface area contributed by atoms with Crippen LogP contribution in [0.25, 0.3) is 34.4 Å². The molecule has 0 unspecified atom stereocenters. The minimum Gasteiger partial charge on any atom is -0.423 e. The summed E-state index contributed by atoms with van der Waals surface area (Å²) in [6.07, 6.45) is 7.26. The highest BCUT2D eigenvalue weighted by Crippen LogP contribution is 2.30. The highest BCUT2D eigenvalue weighted by Gasteiger charge is 2.13. The molecule has 0 amide bonds. The second kappa shape index (κ2) is 15.4. The van der Waals surface area contributed by atoms with Gasteiger partial charge in [-0.2, -0.15) is 0 Å². The van der Waals surface area contributed by atoms with Crippen molar-refractivity contribution in [3.63, 3.8) is 0 Å². The molecule has 0 saturated heterocycles. The second-order valence-corrected chi connectivity index (χ2v) is 10.3. The van der Waals surface area contributed by atoms with E-state index in [4.69, 9.17) is 14.6 Å². The van der Waals surface area contributed by atoms with Crippen molar-refractivity contribution >= 4 is 24.1 Å². The lowest BCUT2D eigenvalue weighted by molar-refractivity contribution is -0.131. The molecular formula is C38H36O6. The summed E-state index contributed by atoms with van der Waals surface area (Å²) in [5.41, 5.74) is 6.82. The predicted molar refractivity (Wildman–Crippen MR) is 175 cm³/mol. The van der Waals surface area contributed by atoms with Crippen LogP contribution < -0.4 is 9.47 Å². The van der Waals surface area contributed by atoms with Gasteiger partial charge in [0.15, 0.2) is 0 Å². The van der Waals surface area contributed by atoms with E-state index in [1.54, 1.807) is 36.4 Å². The largest absolute Gasteiger partial charge is 0.423 e. The Morgan fingerprint density at radius 1 is 0.682 bits per heavy atom. The van der Waals surface area contributed by atoms with Crippen molar-refractivity contribution in [1.29, 1.82) is 0 Å². The molecule has 0 aromatic heterocycles. The molecule has 0 bridgehead atoms. The Morgan fingerprint density at radius 3 is 1.80 bits per heavy atom. The highest BCUT2D eigenvalue weighted by atomic mass is 16.5. The topological polar surface area (TPSA) is 93.1 Å². The van der Waals surface area contributed by atoms with Crippen LogP contribution >= 0.6 is 0 Å². The minimum atomic E-state index is -0.712. The number of hydrogen-bond acceptors (Lipinski definition) is 6. The normalized spacial score (nSPS) is 10.9. The number of hydrogen-bond donors (Lipinski definition) is 2. The Balaban J connectivity index is 1.57. The van der Waals surface area contributed by atoms with Crippen LogP contribution in [0.1, 0.15) is 36.5 Å². The SMILES string of the molecule is C=C(CO)C(=O)Oc1ccc(-c2ccc(OC(=O)C(=C)CO)c(/C=C/c3ccc(-c4ccc(CCCC)cc4)cc3)c2)cc1. The summed E-state index contributed by atoms with van der Waals surface area (Å²) >= 11 is 0. The fourth-order valence-electron chi connectivity index (χ4n) is 4.36. The van der Waals surface area contributed by atoms with Gasteiger partial charge in [0.05, 0.1) is 24.4 Å². The van der Waals surface area contributed by atoms with E-state index < -0.39 is 25.2 Å². The number of benzene rings is 4. The summed E-state index contributed by atoms with van der Waals surface area (Å²) in [6.45, 7) is 8.24. The Kier molecular flexibility index (Phi) is 11.2. The van der Waals surface area contributed by atoms with Crippen LogP contribution in [0.2, 0.25) is 0 Å². The molecule has 0 saturated carbocycles. The van der Waals surface area contributed by atoms with Gasteiger partial charge in [0.2, 0.25) is 0 Å². The van der Waals surface area contributed by atoms with Gasteiger partial charge in [0, 0.05) is 5.56 Å². The van der Waals surface area contributed by atoms with Gasteiger partial charge in [-0.1, -0.05) is 105 Å². The van der Waals surface area contributed by atoms with Crippen molar-refractivity contribution in [2.24, 2.45) is 0 Å². The molecule has 0 aliphatic heterocycles. The zero-order valence-corrected chi connectivity index (χ0v) is 24.8. The lowest BCUT2D eigenvalue weighted by atomic mass is 10.00. The number of aliphatic hydroxyl groups excluding tert-OH is 2. The van der Waals surface area contributed by atoms with E-state index in [-0.39, 0.29) is 11.1 Å². The van der Waals surface area contributed by atoms with Gasteiger partial charge in [0.25, 0.3) is 0 Å². The third-order valence-electron chi connectivity index (χ3n) is 7.04. The van der Waals surface area contributed by atoms with Crippen molar-refractivity contribution in [1.82, 2.24) is 0 Å². The first kappa shape index (κ1) is 31.9. The van der Waals surface area contributed by atoms with Gasteiger partial charge in [0.1, 0.15) is 11.5 Å². The molecule has 0 atom stereocenters. The first-order chi connectivity index (χ1) is 21.3. The first-order valence-electron chi connectivity index (χ1n) is 14.4. The van der Waals surface area contributed by atoms with Gasteiger partial charge >= 0.3 is 11.9 Å². The maximum Gasteiger partial charge on any atom is 0.341 e. The quantitative estimate of drug-likeness (QED) is 0.0730. The lowest BCUT2D eigenvalue weighted by Gasteiger charge is -2.11. The van der Waals surface area contributed by atoms with Crippen molar-refractivity contribution in [3.8, 4) is 33.8 Å². The standard InChI is InChI=1S/C38H36O6/c1-4-5-6-28-7-12-30(13-8-28)31-14-9-29(10-15-31)11-16-34-23-33(19-22-36(34)44-38(42)27(3)25-40)32-17-20-35(21-18-32)43-37(41)26(2)24-39/h7-23,39-40H,2-6,24-25H2,1H3/b16-11+. The Hall–Kier alpha value is -5.04. The van der Waals surface area contributed by atoms with Crippen LogP contribution in [0, 0.1) is 0 Å². The van der Waals surface area contributed by atoms with E-state index >= 15 is 0 Å². The smallest absolute Gasteiger partial charge is 0.341 e. The van der Waals surface area contributed by atoms with Gasteiger partial charge in [-0.05, 0) is 70.5 Å². The second-order valence-electron chi connectivity index (χ2n) is 10.3. The van der Waals surface area contributed by atoms with Crippen LogP contribution in [0.3, 0.4) is 0 Å². The van der Waals surface area contributed by atoms with E-state index in [1.807, 2.05) is 30.4 Å². The lowest BCUT2D eigenvalue weighted by Crippen LogP contribution is -2.13. The fraction of sp³-hybridized carbons (Fsp3) is 0.158. The molecule has 0 heterocycles. The van der Waals surface area contributed by atoms with Crippen molar-refractivity contribution in [3.05, 3.63) is 132 Å². The van der Waals surface area contributed by atoms with E-state index in [0.29, 0.717) is 17.1 Å². The molecule has 4 aromatic carbocycles. The zero-order valence-electron chi connectivity index (χ0n) is 24.8. The van der Waals surface area contributed by atoms with E-state index in [9.17, 15) is 14.7 Å². The number of aliphatic hydroxyl groups is 2. The Morgan fingerprint density at radius 2 is 1.20 bits per heavy atom. The summed E-state index contributed by atoms with van der Waals surface area (Å²) < 4.78 is 10.8. The van der Waals surface area contributed by atoms with Crippen LogP contribution in [0.5, 0.6) is 11.5 Å². The average molecular weight is 589 g/mol. The molecule has 2 N–H and O–H groups in total. The maximum atomic E-state index is 12.4. The third-order valence-corrected chi connectivity index (χ3v) is 7.04. The van der Waals surface area contributed by atoms with Crippen molar-refractivity contribution in [2.75, 3.05) is 13.2 Å². The molecule has 4 rings (SSSR count). The molecule has 0 radical (unpaired) electrons. The average Bonchev–Trinajstić information content (AvgIpc) is 3.06. The summed E-state index contributed by atoms with van der Waals surface area (Å²) in [5, 5.41) is 18.4. The van der Waals surface area contributed by atoms with E-state index in [0.717, 1.165) is 34.2 Å². The minimum absolute atomic E-state index is 0.0365. The number of carbonyl (C=O) groups excluding carboxylic acids is 2. The number of rotatable bonds is 13. The molecule has 224 valence electrons. The number of aryl methyl sites for hydroxylation is 1. The van der Waals surface area contributed by atoms with Crippen molar-refractivity contribution in [2.45, 2.75) is 26.2 Å². The van der Waals surface area contributed by atoms with Crippen LogP contribution in [-0.4, -0.2) is 35.4 Å². The molecule has 0 aliphatic carbocycles. The maximum absolute atomic E-state index is 12.4. The third kappa shape index (κ3) is 8.51. The fourth-order valence-corrected chi connectivity index (χ4v) is 4.36. The number of ether oxygens (including phenoxy) is 2. The first-order valence-corrected chi connectivity index (χ1v) is 14.4. The van der Waals surface area contributed by atoms with E-state index in [2.05, 4.69) is 56.5 Å². The molecule has 0 aliphatic rings. The summed E-state index contributed by atoms with van der Waals surface area (Å²) in [4.78, 5) is 24.3. The predicted octanol–water partition coefficient (Wildman–Crippen LogP) is 7.44. The molecule has 44 heavy (non-hydrogen) atoms. The number of esters is 2. The molecule has 4 aromatic rings. The Labute approximate surface area is 258 Å². The Bertz CT molecular complexity index is 1650. The number of carbonyl (C=O) groups is 2. The summed E-state index contributed by atoms with van der Waals surface area (Å²) in [5.74, 6) is -0.776. The number of unbranched alkanes of at least 4 members (excludes halogenated alkanes) is 1.